The SMILES string of the molecule is COc1ccc(S(=O)(=O)N(C)CC(=O)N/N=C\c2cc([N+](=O)[O-])ccc2Cl)cc1. The van der Waals surface area contributed by atoms with Crippen molar-refractivity contribution >= 4 is 39.4 Å². The van der Waals surface area contributed by atoms with E-state index < -0.39 is 27.4 Å². The van der Waals surface area contributed by atoms with E-state index in [-0.39, 0.29) is 21.2 Å². The molecule has 0 saturated carbocycles. The molecule has 0 atom stereocenters. The molecule has 0 bridgehead atoms. The Morgan fingerprint density at radius 2 is 1.97 bits per heavy atom. The van der Waals surface area contributed by atoms with Crippen LogP contribution < -0.4 is 10.2 Å². The summed E-state index contributed by atoms with van der Waals surface area (Å²) in [5.74, 6) is -0.208. The maximum absolute atomic E-state index is 12.5. The van der Waals surface area contributed by atoms with Gasteiger partial charge in [-0.1, -0.05) is 11.6 Å². The number of carbonyl (C=O) groups excluding carboxylic acids is 1. The van der Waals surface area contributed by atoms with Gasteiger partial charge in [-0.25, -0.2) is 13.8 Å². The van der Waals surface area contributed by atoms with Gasteiger partial charge >= 0.3 is 0 Å². The lowest BCUT2D eigenvalue weighted by Gasteiger charge is -2.16. The van der Waals surface area contributed by atoms with Crippen molar-refractivity contribution in [3.8, 4) is 5.75 Å². The highest BCUT2D eigenvalue weighted by molar-refractivity contribution is 7.89. The number of methoxy groups -OCH3 is 1. The molecule has 29 heavy (non-hydrogen) atoms. The molecule has 0 aliphatic rings. The van der Waals surface area contributed by atoms with Crippen LogP contribution in [0.3, 0.4) is 0 Å². The van der Waals surface area contributed by atoms with Crippen molar-refractivity contribution in [2.45, 2.75) is 4.90 Å². The summed E-state index contributed by atoms with van der Waals surface area (Å²) in [6, 6.07) is 9.48. The summed E-state index contributed by atoms with van der Waals surface area (Å²) in [6.07, 6.45) is 1.13. The van der Waals surface area contributed by atoms with Gasteiger partial charge in [-0.2, -0.15) is 9.41 Å². The minimum absolute atomic E-state index is 0.000443. The van der Waals surface area contributed by atoms with Crippen molar-refractivity contribution in [1.29, 1.82) is 0 Å². The van der Waals surface area contributed by atoms with Gasteiger partial charge in [-0.15, -0.1) is 0 Å². The Bertz CT molecular complexity index is 1040. The highest BCUT2D eigenvalue weighted by Gasteiger charge is 2.22. The monoisotopic (exact) mass is 440 g/mol. The van der Waals surface area contributed by atoms with Gasteiger partial charge in [0.15, 0.2) is 0 Å². The number of likely N-dealkylation sites (N-methyl/N-ethyl adjacent to an activating group) is 1. The molecule has 0 radical (unpaired) electrons. The van der Waals surface area contributed by atoms with Crippen molar-refractivity contribution in [2.75, 3.05) is 20.7 Å². The molecule has 154 valence electrons. The molecule has 0 fully saturated rings. The van der Waals surface area contributed by atoms with Crippen molar-refractivity contribution in [3.05, 3.63) is 63.2 Å². The molecule has 0 aliphatic carbocycles. The number of halogens is 1. The Morgan fingerprint density at radius 3 is 2.55 bits per heavy atom. The molecule has 2 aromatic rings. The number of hydrogen-bond donors (Lipinski definition) is 1. The fourth-order valence-corrected chi connectivity index (χ4v) is 3.46. The van der Waals surface area contributed by atoms with Gasteiger partial charge in [-0.05, 0) is 30.3 Å². The minimum Gasteiger partial charge on any atom is -0.497 e. The molecule has 1 N–H and O–H groups in total. The average Bonchev–Trinajstić information content (AvgIpc) is 2.69. The summed E-state index contributed by atoms with van der Waals surface area (Å²) in [7, 11) is -1.18. The fourth-order valence-electron chi connectivity index (χ4n) is 2.17. The van der Waals surface area contributed by atoms with E-state index in [0.29, 0.717) is 5.75 Å². The number of nitrogens with one attached hydrogen (secondary N) is 1. The third-order valence-electron chi connectivity index (χ3n) is 3.72. The Hall–Kier alpha value is -3.02. The first kappa shape index (κ1) is 22.3. The van der Waals surface area contributed by atoms with Crippen LogP contribution in [0, 0.1) is 10.1 Å². The smallest absolute Gasteiger partial charge is 0.270 e. The first-order valence-electron chi connectivity index (χ1n) is 8.01. The maximum Gasteiger partial charge on any atom is 0.270 e. The molecule has 2 rings (SSSR count). The number of carbonyl (C=O) groups is 1. The Kier molecular flexibility index (Phi) is 7.26. The van der Waals surface area contributed by atoms with Gasteiger partial charge in [-0.3, -0.25) is 14.9 Å². The second-order valence-corrected chi connectivity index (χ2v) is 8.14. The summed E-state index contributed by atoms with van der Waals surface area (Å²) >= 11 is 5.93. The third-order valence-corrected chi connectivity index (χ3v) is 5.88. The zero-order valence-electron chi connectivity index (χ0n) is 15.4. The third kappa shape index (κ3) is 5.73. The second kappa shape index (κ2) is 9.45. The van der Waals surface area contributed by atoms with Crippen LogP contribution in [0.4, 0.5) is 5.69 Å². The van der Waals surface area contributed by atoms with E-state index in [1.807, 2.05) is 0 Å². The minimum atomic E-state index is -3.89. The van der Waals surface area contributed by atoms with E-state index in [2.05, 4.69) is 10.5 Å². The first-order valence-corrected chi connectivity index (χ1v) is 9.83. The molecule has 12 heteroatoms. The molecule has 10 nitrogen and oxygen atoms in total. The molecule has 0 heterocycles. The fraction of sp³-hybridized carbons (Fsp3) is 0.176. The van der Waals surface area contributed by atoms with E-state index in [1.165, 1.54) is 56.6 Å². The summed E-state index contributed by atoms with van der Waals surface area (Å²) in [4.78, 5) is 22.2. The molecule has 1 amide bonds. The number of ether oxygens (including phenoxy) is 1. The number of benzene rings is 2. The average molecular weight is 441 g/mol. The number of sulfonamides is 1. The quantitative estimate of drug-likeness (QED) is 0.379. The van der Waals surface area contributed by atoms with Gasteiger partial charge in [0.1, 0.15) is 5.75 Å². The lowest BCUT2D eigenvalue weighted by molar-refractivity contribution is -0.384. The largest absolute Gasteiger partial charge is 0.497 e. The van der Waals surface area contributed by atoms with E-state index in [4.69, 9.17) is 16.3 Å². The maximum atomic E-state index is 12.5. The van der Waals surface area contributed by atoms with E-state index in [1.54, 1.807) is 0 Å². The van der Waals surface area contributed by atoms with Crippen molar-refractivity contribution in [3.63, 3.8) is 0 Å². The van der Waals surface area contributed by atoms with Crippen LogP contribution in [0.2, 0.25) is 5.02 Å². The standard InChI is InChI=1S/C17H17ClN4O6S/c1-21(29(26,27)15-6-4-14(28-2)5-7-15)11-17(23)20-19-10-12-9-13(22(24)25)3-8-16(12)18/h3-10H,11H2,1-2H3,(H,20,23)/b19-10-. The summed E-state index contributed by atoms with van der Waals surface area (Å²) in [6.45, 7) is -0.492. The Morgan fingerprint density at radius 1 is 1.31 bits per heavy atom. The number of non-ortho nitro benzene ring substituents is 1. The van der Waals surface area contributed by atoms with Gasteiger partial charge < -0.3 is 4.74 Å². The number of rotatable bonds is 8. The number of hydrogen-bond acceptors (Lipinski definition) is 7. The zero-order chi connectivity index (χ0) is 21.6. The first-order chi connectivity index (χ1) is 13.6. The normalized spacial score (nSPS) is 11.6. The summed E-state index contributed by atoms with van der Waals surface area (Å²) in [5.41, 5.74) is 2.19. The Balaban J connectivity index is 2.02. The van der Waals surface area contributed by atoms with Crippen LogP contribution >= 0.6 is 11.6 Å². The zero-order valence-corrected chi connectivity index (χ0v) is 17.0. The van der Waals surface area contributed by atoms with Crippen molar-refractivity contribution in [1.82, 2.24) is 9.73 Å². The van der Waals surface area contributed by atoms with Gasteiger partial charge in [0, 0.05) is 29.8 Å². The molecular formula is C17H17ClN4O6S. The van der Waals surface area contributed by atoms with Crippen LogP contribution in [0.25, 0.3) is 0 Å². The van der Waals surface area contributed by atoms with Gasteiger partial charge in [0.05, 0.1) is 29.7 Å². The van der Waals surface area contributed by atoms with Crippen molar-refractivity contribution in [2.24, 2.45) is 5.10 Å². The van der Waals surface area contributed by atoms with E-state index in [0.717, 1.165) is 10.5 Å². The molecule has 0 saturated heterocycles. The molecule has 0 aromatic heterocycles. The molecule has 0 unspecified atom stereocenters. The topological polar surface area (TPSA) is 131 Å². The molecule has 2 aromatic carbocycles. The number of hydrazone groups is 1. The number of nitro groups is 1. The predicted molar refractivity (Wildman–Crippen MR) is 107 cm³/mol. The summed E-state index contributed by atoms with van der Waals surface area (Å²) < 4.78 is 30.8. The molecule has 0 aliphatic heterocycles. The van der Waals surface area contributed by atoms with Gasteiger partial charge in [0.2, 0.25) is 10.0 Å². The summed E-state index contributed by atoms with van der Waals surface area (Å²) in [5, 5.41) is 14.7. The lowest BCUT2D eigenvalue weighted by Crippen LogP contribution is -2.36. The number of nitro benzene ring substituents is 1. The van der Waals surface area contributed by atoms with E-state index >= 15 is 0 Å². The van der Waals surface area contributed by atoms with Gasteiger partial charge in [0.25, 0.3) is 11.6 Å². The van der Waals surface area contributed by atoms with Crippen molar-refractivity contribution < 1.29 is 22.9 Å². The highest BCUT2D eigenvalue weighted by atomic mass is 35.5. The lowest BCUT2D eigenvalue weighted by atomic mass is 10.2. The molecule has 0 spiro atoms. The highest BCUT2D eigenvalue weighted by Crippen LogP contribution is 2.20. The number of amides is 1. The van der Waals surface area contributed by atoms with Crippen LogP contribution in [0.15, 0.2) is 52.5 Å². The second-order valence-electron chi connectivity index (χ2n) is 5.69. The Labute approximate surface area is 171 Å². The van der Waals surface area contributed by atoms with E-state index in [9.17, 15) is 23.3 Å². The van der Waals surface area contributed by atoms with Crippen LogP contribution in [0.1, 0.15) is 5.56 Å². The number of nitrogens with zero attached hydrogens (tertiary/aromatic N) is 3. The van der Waals surface area contributed by atoms with Crippen LogP contribution in [-0.2, 0) is 14.8 Å². The van der Waals surface area contributed by atoms with Crippen LogP contribution in [0.5, 0.6) is 5.75 Å². The molecular weight excluding hydrogens is 424 g/mol. The predicted octanol–water partition coefficient (Wildman–Crippen LogP) is 2.03. The van der Waals surface area contributed by atoms with Crippen LogP contribution in [-0.4, -0.2) is 50.5 Å².